The third-order valence-electron chi connectivity index (χ3n) is 5.16. The number of ether oxygens (including phenoxy) is 1. The second-order valence-electron chi connectivity index (χ2n) is 7.46. The summed E-state index contributed by atoms with van der Waals surface area (Å²) in [6.07, 6.45) is -5.44. The van der Waals surface area contributed by atoms with E-state index in [1.54, 1.807) is 0 Å². The van der Waals surface area contributed by atoms with Crippen LogP contribution >= 0.6 is 0 Å². The van der Waals surface area contributed by atoms with Crippen LogP contribution in [-0.2, 0) is 19.6 Å². The summed E-state index contributed by atoms with van der Waals surface area (Å²) >= 11 is 0. The number of fused-ring (bicyclic) bond motifs is 1. The summed E-state index contributed by atoms with van der Waals surface area (Å²) < 4.78 is 69.2. The number of phenolic OH excluding ortho intramolecular Hbond substituents is 1. The fourth-order valence-corrected chi connectivity index (χ4v) is 4.86. The van der Waals surface area contributed by atoms with Crippen LogP contribution in [0.15, 0.2) is 41.3 Å². The Morgan fingerprint density at radius 3 is 2.31 bits per heavy atom. The molecule has 1 unspecified atom stereocenters. The number of nitrogens with zero attached hydrogens (tertiary/aromatic N) is 1. The molecular formula is C20H14F3N3O8S. The molecule has 4 rings (SSSR count). The van der Waals surface area contributed by atoms with Gasteiger partial charge in [0.1, 0.15) is 22.4 Å². The van der Waals surface area contributed by atoms with E-state index in [1.807, 2.05) is 10.0 Å². The molecule has 1 saturated heterocycles. The van der Waals surface area contributed by atoms with Gasteiger partial charge in [-0.2, -0.15) is 0 Å². The number of phenols is 1. The number of carbonyl (C=O) groups is 4. The largest absolute Gasteiger partial charge is 0.573 e. The molecule has 1 fully saturated rings. The first-order chi connectivity index (χ1) is 16.3. The highest BCUT2D eigenvalue weighted by Crippen LogP contribution is 2.37. The van der Waals surface area contributed by atoms with Gasteiger partial charge in [0.25, 0.3) is 21.8 Å². The van der Waals surface area contributed by atoms with Gasteiger partial charge in [-0.3, -0.25) is 34.1 Å². The van der Waals surface area contributed by atoms with Crippen molar-refractivity contribution in [1.82, 2.24) is 10.2 Å². The number of hydrogen-bond donors (Lipinski definition) is 3. The molecule has 4 amide bonds. The van der Waals surface area contributed by atoms with Gasteiger partial charge in [0.15, 0.2) is 0 Å². The van der Waals surface area contributed by atoms with Crippen molar-refractivity contribution in [2.24, 2.45) is 0 Å². The zero-order chi connectivity index (χ0) is 25.7. The molecule has 3 N–H and O–H groups in total. The van der Waals surface area contributed by atoms with Gasteiger partial charge in [0.2, 0.25) is 11.8 Å². The van der Waals surface area contributed by atoms with Crippen molar-refractivity contribution in [1.29, 1.82) is 0 Å². The normalized spacial score (nSPS) is 18.4. The van der Waals surface area contributed by atoms with Crippen molar-refractivity contribution in [2.75, 3.05) is 4.72 Å². The maximum atomic E-state index is 12.9. The van der Waals surface area contributed by atoms with Crippen molar-refractivity contribution in [2.45, 2.75) is 30.1 Å². The van der Waals surface area contributed by atoms with Crippen LogP contribution in [0.2, 0.25) is 0 Å². The number of piperidine rings is 1. The van der Waals surface area contributed by atoms with Gasteiger partial charge in [-0.1, -0.05) is 12.1 Å². The first-order valence-corrected chi connectivity index (χ1v) is 11.2. The van der Waals surface area contributed by atoms with Gasteiger partial charge in [-0.15, -0.1) is 13.2 Å². The van der Waals surface area contributed by atoms with Crippen molar-refractivity contribution in [3.8, 4) is 11.5 Å². The van der Waals surface area contributed by atoms with E-state index >= 15 is 0 Å². The molecule has 2 aromatic rings. The van der Waals surface area contributed by atoms with Gasteiger partial charge in [0, 0.05) is 6.42 Å². The average Bonchev–Trinajstić information content (AvgIpc) is 2.97. The minimum absolute atomic E-state index is 0.125. The molecule has 0 spiro atoms. The van der Waals surface area contributed by atoms with Gasteiger partial charge in [-0.05, 0) is 30.7 Å². The van der Waals surface area contributed by atoms with Gasteiger partial charge >= 0.3 is 6.36 Å². The van der Waals surface area contributed by atoms with Crippen molar-refractivity contribution >= 4 is 39.3 Å². The van der Waals surface area contributed by atoms with Crippen LogP contribution < -0.4 is 14.8 Å². The van der Waals surface area contributed by atoms with E-state index in [4.69, 9.17) is 0 Å². The molecule has 2 aliphatic heterocycles. The van der Waals surface area contributed by atoms with Crippen molar-refractivity contribution in [3.05, 3.63) is 47.5 Å². The Balaban J connectivity index is 1.67. The highest BCUT2D eigenvalue weighted by atomic mass is 32.2. The van der Waals surface area contributed by atoms with E-state index in [2.05, 4.69) is 4.74 Å². The average molecular weight is 513 g/mol. The zero-order valence-electron chi connectivity index (χ0n) is 17.2. The lowest BCUT2D eigenvalue weighted by molar-refractivity contribution is -0.275. The summed E-state index contributed by atoms with van der Waals surface area (Å²) in [6.45, 7) is 0. The topological polar surface area (TPSA) is 159 Å². The molecule has 2 heterocycles. The Morgan fingerprint density at radius 2 is 1.69 bits per heavy atom. The summed E-state index contributed by atoms with van der Waals surface area (Å²) in [5.41, 5.74) is -1.31. The zero-order valence-corrected chi connectivity index (χ0v) is 18.1. The number of carbonyl (C=O) groups excluding carboxylic acids is 4. The lowest BCUT2D eigenvalue weighted by atomic mass is 10.0. The minimum atomic E-state index is -5.19. The maximum Gasteiger partial charge on any atom is 0.573 e. The number of rotatable bonds is 5. The number of anilines is 1. The Hall–Kier alpha value is -4.14. The summed E-state index contributed by atoms with van der Waals surface area (Å²) in [4.78, 5) is 48.8. The standard InChI is InChI=1S/C20H14F3N3O8S/c21-20(22,23)34-14-3-1-2-4-15(14)35(32,33)25-11-7-9-10(8-13(11)27)19(31)26(18(9)30)12-5-6-16(28)24-17(12)29/h1-4,7-8,12,25,27H,5-6H2,(H,24,28,29). The highest BCUT2D eigenvalue weighted by Gasteiger charge is 2.45. The van der Waals surface area contributed by atoms with Crippen LogP contribution in [0.25, 0.3) is 0 Å². The number of alkyl halides is 3. The molecule has 0 aromatic heterocycles. The summed E-state index contributed by atoms with van der Waals surface area (Å²) in [6, 6.07) is 4.16. The Morgan fingerprint density at radius 1 is 1.06 bits per heavy atom. The van der Waals surface area contributed by atoms with E-state index < -0.39 is 68.1 Å². The fourth-order valence-electron chi connectivity index (χ4n) is 3.67. The maximum absolute atomic E-state index is 12.9. The van der Waals surface area contributed by atoms with Gasteiger partial charge in [0.05, 0.1) is 16.8 Å². The molecule has 0 saturated carbocycles. The fraction of sp³-hybridized carbons (Fsp3) is 0.200. The number of halogens is 3. The number of aromatic hydroxyl groups is 1. The smallest absolute Gasteiger partial charge is 0.506 e. The third-order valence-corrected chi connectivity index (χ3v) is 6.57. The van der Waals surface area contributed by atoms with Gasteiger partial charge in [-0.25, -0.2) is 8.42 Å². The molecule has 1 atom stereocenters. The van der Waals surface area contributed by atoms with Crippen molar-refractivity contribution < 1.29 is 50.6 Å². The van der Waals surface area contributed by atoms with Crippen LogP contribution in [0.4, 0.5) is 18.9 Å². The number of imide groups is 2. The number of sulfonamides is 1. The van der Waals surface area contributed by atoms with E-state index in [1.165, 1.54) is 0 Å². The molecule has 0 aliphatic carbocycles. The SMILES string of the molecule is O=C1CCC(N2C(=O)c3cc(O)c(NS(=O)(=O)c4ccccc4OC(F)(F)F)cc3C2=O)C(=O)N1. The van der Waals surface area contributed by atoms with Crippen LogP contribution in [0, 0.1) is 0 Å². The second kappa shape index (κ2) is 8.26. The molecule has 35 heavy (non-hydrogen) atoms. The molecule has 2 aliphatic rings. The predicted molar refractivity (Wildman–Crippen MR) is 109 cm³/mol. The summed E-state index contributed by atoms with van der Waals surface area (Å²) in [5, 5.41) is 12.3. The number of hydrogen-bond acceptors (Lipinski definition) is 8. The first-order valence-electron chi connectivity index (χ1n) is 9.74. The van der Waals surface area contributed by atoms with Crippen LogP contribution in [0.1, 0.15) is 33.6 Å². The number of benzene rings is 2. The van der Waals surface area contributed by atoms with Crippen molar-refractivity contribution in [3.63, 3.8) is 0 Å². The lowest BCUT2D eigenvalue weighted by Gasteiger charge is -2.27. The molecule has 184 valence electrons. The Bertz CT molecular complexity index is 1390. The minimum Gasteiger partial charge on any atom is -0.506 e. The summed E-state index contributed by atoms with van der Waals surface area (Å²) in [7, 11) is -4.78. The molecule has 0 bridgehead atoms. The van der Waals surface area contributed by atoms with Crippen LogP contribution in [0.3, 0.4) is 0 Å². The van der Waals surface area contributed by atoms with Gasteiger partial charge < -0.3 is 9.84 Å². The van der Waals surface area contributed by atoms with E-state index in [0.29, 0.717) is 4.90 Å². The first kappa shape index (κ1) is 24.0. The molecule has 11 nitrogen and oxygen atoms in total. The molecule has 15 heteroatoms. The predicted octanol–water partition coefficient (Wildman–Crippen LogP) is 1.49. The molecule has 0 radical (unpaired) electrons. The number of amides is 4. The molecular weight excluding hydrogens is 499 g/mol. The monoisotopic (exact) mass is 513 g/mol. The third kappa shape index (κ3) is 4.49. The Kier molecular flexibility index (Phi) is 5.67. The van der Waals surface area contributed by atoms with Crippen LogP contribution in [-0.4, -0.2) is 54.5 Å². The lowest BCUT2D eigenvalue weighted by Crippen LogP contribution is -2.54. The van der Waals surface area contributed by atoms with E-state index in [-0.39, 0.29) is 24.0 Å². The van der Waals surface area contributed by atoms with E-state index in [0.717, 1.165) is 36.4 Å². The quantitative estimate of drug-likeness (QED) is 0.401. The molecule has 2 aromatic carbocycles. The number of nitrogens with one attached hydrogen (secondary N) is 2. The Labute approximate surface area is 194 Å². The summed E-state index contributed by atoms with van der Waals surface area (Å²) in [5.74, 6) is -5.24. The highest BCUT2D eigenvalue weighted by molar-refractivity contribution is 7.92. The second-order valence-corrected chi connectivity index (χ2v) is 9.11. The van der Waals surface area contributed by atoms with Crippen LogP contribution in [0.5, 0.6) is 11.5 Å². The van der Waals surface area contributed by atoms with E-state index in [9.17, 15) is 45.9 Å². The number of para-hydroxylation sites is 1.